The highest BCUT2D eigenvalue weighted by atomic mass is 32.2. The summed E-state index contributed by atoms with van der Waals surface area (Å²) in [5, 5.41) is 10.4. The number of rotatable bonds is 7. The molecule has 3 aromatic rings. The molecule has 212 valence electrons. The minimum absolute atomic E-state index is 0.00262. The van der Waals surface area contributed by atoms with Crippen LogP contribution in [-0.4, -0.2) is 51.2 Å². The Hall–Kier alpha value is -3.57. The molecule has 1 saturated heterocycles. The van der Waals surface area contributed by atoms with E-state index in [9.17, 15) is 24.3 Å². The number of H-pyrrole nitrogens is 1. The second kappa shape index (κ2) is 9.77. The van der Waals surface area contributed by atoms with Crippen molar-refractivity contribution < 1.29 is 29.0 Å². The third-order valence-electron chi connectivity index (χ3n) is 9.29. The molecule has 11 heteroatoms. The van der Waals surface area contributed by atoms with Crippen LogP contribution >= 0.6 is 23.1 Å². The number of aliphatic carboxylic acids is 1. The molecule has 2 aromatic carbocycles. The second-order valence-corrected chi connectivity index (χ2v) is 13.4. The van der Waals surface area contributed by atoms with Crippen LogP contribution in [0.15, 0.2) is 58.4 Å². The number of carboxylic acid groups (broad SMARTS) is 1. The highest BCUT2D eigenvalue weighted by Gasteiger charge is 2.70. The Morgan fingerprint density at radius 1 is 1.07 bits per heavy atom. The van der Waals surface area contributed by atoms with Crippen molar-refractivity contribution in [1.82, 2.24) is 9.88 Å². The Morgan fingerprint density at radius 2 is 1.80 bits per heavy atom. The monoisotopic (exact) mass is 592 g/mol. The highest BCUT2D eigenvalue weighted by Crippen LogP contribution is 2.68. The number of imide groups is 1. The Bertz CT molecular complexity index is 1620. The van der Waals surface area contributed by atoms with E-state index in [4.69, 9.17) is 9.47 Å². The fourth-order valence-electron chi connectivity index (χ4n) is 7.64. The fourth-order valence-corrected chi connectivity index (χ4v) is 10.5. The van der Waals surface area contributed by atoms with Gasteiger partial charge in [0, 0.05) is 16.0 Å². The Labute approximate surface area is 243 Å². The number of ether oxygens (including phenoxy) is 2. The van der Waals surface area contributed by atoms with E-state index in [0.29, 0.717) is 18.1 Å². The first-order valence-corrected chi connectivity index (χ1v) is 15.3. The molecule has 2 N–H and O–H groups in total. The van der Waals surface area contributed by atoms with E-state index in [2.05, 4.69) is 4.98 Å². The van der Waals surface area contributed by atoms with Crippen molar-refractivity contribution in [2.75, 3.05) is 7.11 Å². The highest BCUT2D eigenvalue weighted by molar-refractivity contribution is 8.00. The van der Waals surface area contributed by atoms with Gasteiger partial charge in [0.15, 0.2) is 11.5 Å². The summed E-state index contributed by atoms with van der Waals surface area (Å²) in [6.45, 7) is 1.78. The Morgan fingerprint density at radius 3 is 2.51 bits per heavy atom. The summed E-state index contributed by atoms with van der Waals surface area (Å²) in [4.78, 5) is 56.1. The number of hydrogen-bond donors (Lipinski definition) is 2. The normalized spacial score (nSPS) is 30.1. The minimum Gasteiger partial charge on any atom is -0.493 e. The van der Waals surface area contributed by atoms with E-state index in [1.807, 2.05) is 48.5 Å². The number of fused-ring (bicyclic) bond motifs is 9. The van der Waals surface area contributed by atoms with Crippen molar-refractivity contribution in [3.05, 3.63) is 74.2 Å². The molecule has 4 aliphatic rings. The molecule has 3 fully saturated rings. The molecule has 2 bridgehead atoms. The summed E-state index contributed by atoms with van der Waals surface area (Å²) in [5.41, 5.74) is 1.99. The fraction of sp³-hybridized carbons (Fsp3) is 0.400. The Kier molecular flexibility index (Phi) is 6.27. The van der Waals surface area contributed by atoms with Crippen molar-refractivity contribution in [1.29, 1.82) is 0 Å². The molecular weight excluding hydrogens is 564 g/mol. The van der Waals surface area contributed by atoms with Crippen LogP contribution in [0.2, 0.25) is 0 Å². The summed E-state index contributed by atoms with van der Waals surface area (Å²) in [7, 11) is 1.59. The molecule has 0 radical (unpaired) electrons. The number of carboxylic acids is 1. The van der Waals surface area contributed by atoms with Crippen molar-refractivity contribution in [3.8, 4) is 11.5 Å². The molecule has 0 spiro atoms. The smallest absolute Gasteiger partial charge is 0.326 e. The molecule has 2 saturated carbocycles. The summed E-state index contributed by atoms with van der Waals surface area (Å²) < 4.78 is 11.8. The van der Waals surface area contributed by atoms with Gasteiger partial charge in [0.05, 0.1) is 24.0 Å². The SMILES string of the molecule is COc1cc([C@H]2c3sc(=O)[nH]c3SC3C4CC(C5C(=O)N(C(C)C(=O)O)C(=O)C45)C32)ccc1OCc1ccccc1. The minimum atomic E-state index is -1.20. The van der Waals surface area contributed by atoms with Crippen LogP contribution in [0.4, 0.5) is 0 Å². The maximum absolute atomic E-state index is 13.6. The lowest BCUT2D eigenvalue weighted by atomic mass is 9.68. The molecule has 7 rings (SSSR count). The molecule has 2 aliphatic carbocycles. The average molecular weight is 593 g/mol. The molecule has 2 aliphatic heterocycles. The molecule has 7 unspecified atom stereocenters. The van der Waals surface area contributed by atoms with Crippen LogP contribution in [0.5, 0.6) is 11.5 Å². The van der Waals surface area contributed by atoms with Gasteiger partial charge in [0.25, 0.3) is 0 Å². The first-order chi connectivity index (χ1) is 19.8. The molecule has 1 aromatic heterocycles. The number of benzene rings is 2. The zero-order valence-electron chi connectivity index (χ0n) is 22.3. The van der Waals surface area contributed by atoms with Crippen LogP contribution < -0.4 is 14.3 Å². The topological polar surface area (TPSA) is 126 Å². The number of likely N-dealkylation sites (tertiary alicyclic amines) is 1. The number of carbonyl (C=O) groups excluding carboxylic acids is 2. The summed E-state index contributed by atoms with van der Waals surface area (Å²) in [6, 6.07) is 14.5. The third-order valence-corrected chi connectivity index (χ3v) is 11.9. The lowest BCUT2D eigenvalue weighted by Gasteiger charge is -2.43. The van der Waals surface area contributed by atoms with Gasteiger partial charge < -0.3 is 19.6 Å². The first-order valence-electron chi connectivity index (χ1n) is 13.6. The van der Waals surface area contributed by atoms with E-state index in [0.717, 1.165) is 32.4 Å². The van der Waals surface area contributed by atoms with E-state index in [-0.39, 0.29) is 45.6 Å². The number of nitrogens with one attached hydrogen (secondary N) is 1. The van der Waals surface area contributed by atoms with Gasteiger partial charge in [-0.05, 0) is 54.4 Å². The number of thioether (sulfide) groups is 1. The van der Waals surface area contributed by atoms with Crippen molar-refractivity contribution >= 4 is 40.9 Å². The number of aromatic amines is 1. The predicted molar refractivity (Wildman–Crippen MR) is 151 cm³/mol. The molecular formula is C30H28N2O7S2. The number of nitrogens with zero attached hydrogens (tertiary/aromatic N) is 1. The van der Waals surface area contributed by atoms with Crippen molar-refractivity contribution in [2.24, 2.45) is 29.6 Å². The van der Waals surface area contributed by atoms with Crippen LogP contribution in [-0.2, 0) is 21.0 Å². The molecule has 41 heavy (non-hydrogen) atoms. The van der Waals surface area contributed by atoms with E-state index < -0.39 is 23.8 Å². The Balaban J connectivity index is 1.25. The predicted octanol–water partition coefficient (Wildman–Crippen LogP) is 3.97. The van der Waals surface area contributed by atoms with E-state index in [1.54, 1.807) is 18.9 Å². The van der Waals surface area contributed by atoms with Crippen LogP contribution in [0, 0.1) is 29.6 Å². The van der Waals surface area contributed by atoms with Gasteiger partial charge in [-0.25, -0.2) is 4.79 Å². The van der Waals surface area contributed by atoms with Crippen LogP contribution in [0.25, 0.3) is 0 Å². The lowest BCUT2D eigenvalue weighted by molar-refractivity contribution is -0.154. The zero-order valence-corrected chi connectivity index (χ0v) is 23.9. The van der Waals surface area contributed by atoms with Crippen molar-refractivity contribution in [3.63, 3.8) is 0 Å². The number of hydrogen-bond acceptors (Lipinski definition) is 8. The van der Waals surface area contributed by atoms with Gasteiger partial charge in [0.1, 0.15) is 12.6 Å². The van der Waals surface area contributed by atoms with Gasteiger partial charge in [-0.2, -0.15) is 0 Å². The quantitative estimate of drug-likeness (QED) is 0.395. The van der Waals surface area contributed by atoms with Crippen LogP contribution in [0.1, 0.15) is 35.3 Å². The van der Waals surface area contributed by atoms with Gasteiger partial charge in [0.2, 0.25) is 11.8 Å². The lowest BCUT2D eigenvalue weighted by Crippen LogP contribution is -2.44. The zero-order chi connectivity index (χ0) is 28.6. The largest absolute Gasteiger partial charge is 0.493 e. The second-order valence-electron chi connectivity index (χ2n) is 11.2. The molecule has 2 amide bonds. The molecule has 9 nitrogen and oxygen atoms in total. The van der Waals surface area contributed by atoms with E-state index >= 15 is 0 Å². The average Bonchev–Trinajstić information content (AvgIpc) is 3.70. The van der Waals surface area contributed by atoms with Gasteiger partial charge in [-0.3, -0.25) is 19.3 Å². The maximum atomic E-state index is 13.6. The number of aromatic nitrogens is 1. The van der Waals surface area contributed by atoms with Crippen LogP contribution in [0.3, 0.4) is 0 Å². The number of carbonyl (C=O) groups is 3. The number of thiazole rings is 1. The third kappa shape index (κ3) is 3.96. The summed E-state index contributed by atoms with van der Waals surface area (Å²) in [6.07, 6.45) is 0.732. The summed E-state index contributed by atoms with van der Waals surface area (Å²) in [5.74, 6) is -2.15. The van der Waals surface area contributed by atoms with Crippen molar-refractivity contribution in [2.45, 2.75) is 42.2 Å². The van der Waals surface area contributed by atoms with Gasteiger partial charge in [-0.1, -0.05) is 47.7 Å². The maximum Gasteiger partial charge on any atom is 0.326 e. The number of amides is 2. The molecule has 8 atom stereocenters. The summed E-state index contributed by atoms with van der Waals surface area (Å²) >= 11 is 2.78. The van der Waals surface area contributed by atoms with Gasteiger partial charge >= 0.3 is 10.8 Å². The first kappa shape index (κ1) is 26.3. The van der Waals surface area contributed by atoms with E-state index in [1.165, 1.54) is 18.3 Å². The standard InChI is InChI=1S/C30H28N2O7S2/c1-13(29(35)36)32-27(33)22-16-11-17(23(22)28(32)34)24-21(16)20(25-26(40-24)31-30(37)41-25)15-8-9-18(19(10-15)38-2)39-12-14-6-4-3-5-7-14/h3-10,13,16-17,20-24H,11-12H2,1-2H3,(H,31,37)(H,35,36)/t13?,16?,17?,20-,21?,22?,23?,24?/m1/s1. The van der Waals surface area contributed by atoms with Gasteiger partial charge in [-0.15, -0.1) is 11.8 Å². The number of methoxy groups -OCH3 is 1. The molecule has 3 heterocycles.